The molecule has 0 fully saturated rings. The molecule has 5 heteroatoms. The third-order valence-corrected chi connectivity index (χ3v) is 15.8. The zero-order valence-electron chi connectivity index (χ0n) is 40.3. The molecular weight excluding hydrogens is 915 g/mol. The summed E-state index contributed by atoms with van der Waals surface area (Å²) in [5.74, 6) is 1.67. The number of benzene rings is 11. The van der Waals surface area contributed by atoms with E-state index in [9.17, 15) is 0 Å². The minimum Gasteiger partial charge on any atom is -0.456 e. The van der Waals surface area contributed by atoms with Crippen molar-refractivity contribution in [2.75, 3.05) is 0 Å². The van der Waals surface area contributed by atoms with E-state index in [2.05, 4.69) is 206 Å². The highest BCUT2D eigenvalue weighted by Crippen LogP contribution is 2.64. The second-order valence-corrected chi connectivity index (χ2v) is 19.7. The van der Waals surface area contributed by atoms with E-state index in [1.165, 1.54) is 55.6 Å². The molecule has 0 unspecified atom stereocenters. The number of para-hydroxylation sites is 1. The van der Waals surface area contributed by atoms with Gasteiger partial charge in [-0.3, -0.25) is 0 Å². The molecule has 0 N–H and O–H groups in total. The van der Waals surface area contributed by atoms with Crippen molar-refractivity contribution in [1.29, 1.82) is 0 Å². The first kappa shape index (κ1) is 41.6. The average Bonchev–Trinajstić information content (AvgIpc) is 4.23. The fourth-order valence-electron chi connectivity index (χ4n) is 12.5. The quantitative estimate of drug-likeness (QED) is 0.166. The molecule has 348 valence electrons. The molecule has 16 rings (SSSR count). The van der Waals surface area contributed by atoms with Gasteiger partial charge in [0.05, 0.1) is 5.41 Å². The van der Waals surface area contributed by atoms with Crippen LogP contribution in [0.15, 0.2) is 258 Å². The van der Waals surface area contributed by atoms with E-state index in [0.29, 0.717) is 17.5 Å². The van der Waals surface area contributed by atoms with Crippen LogP contribution in [0.1, 0.15) is 22.3 Å². The third-order valence-electron chi connectivity index (χ3n) is 15.8. The van der Waals surface area contributed by atoms with Gasteiger partial charge in [-0.1, -0.05) is 206 Å². The summed E-state index contributed by atoms with van der Waals surface area (Å²) in [4.78, 5) is 15.7. The van der Waals surface area contributed by atoms with Gasteiger partial charge in [0.25, 0.3) is 0 Å². The van der Waals surface area contributed by atoms with Gasteiger partial charge >= 0.3 is 0 Å². The van der Waals surface area contributed by atoms with Gasteiger partial charge in [0.1, 0.15) is 22.3 Å². The van der Waals surface area contributed by atoms with Crippen LogP contribution in [0.2, 0.25) is 0 Å². The second-order valence-electron chi connectivity index (χ2n) is 19.7. The number of furan rings is 2. The Morgan fingerprint density at radius 3 is 1.53 bits per heavy atom. The lowest BCUT2D eigenvalue weighted by molar-refractivity contribution is 0.668. The first-order valence-electron chi connectivity index (χ1n) is 25.5. The average molecular weight is 956 g/mol. The zero-order chi connectivity index (χ0) is 49.2. The number of rotatable bonds is 6. The lowest BCUT2D eigenvalue weighted by atomic mass is 9.70. The van der Waals surface area contributed by atoms with E-state index in [4.69, 9.17) is 23.8 Å². The van der Waals surface area contributed by atoms with E-state index in [1.54, 1.807) is 0 Å². The minimum absolute atomic E-state index is 0.391. The van der Waals surface area contributed by atoms with Crippen molar-refractivity contribution in [3.05, 3.63) is 271 Å². The van der Waals surface area contributed by atoms with Gasteiger partial charge in [-0.15, -0.1) is 0 Å². The summed E-state index contributed by atoms with van der Waals surface area (Å²) in [6.45, 7) is 0. The van der Waals surface area contributed by atoms with Gasteiger partial charge in [0, 0.05) is 38.2 Å². The summed E-state index contributed by atoms with van der Waals surface area (Å²) < 4.78 is 13.0. The Bertz CT molecular complexity index is 4620. The summed E-state index contributed by atoms with van der Waals surface area (Å²) in [5, 5.41) is 4.05. The molecule has 14 aromatic rings. The highest BCUT2D eigenvalue weighted by molar-refractivity contribution is 6.13. The Morgan fingerprint density at radius 2 is 0.733 bits per heavy atom. The first-order chi connectivity index (χ1) is 37.2. The standard InChI is InChI=1S/C70H41N3O2/c1-2-15-42(16-3-1)45-17-12-18-47(39-45)67-71-68(48-35-37-53-52-21-7-11-29-61(52)75-64(53)41-48)73-69(72-67)55-24-14-30-63-66(55)56-40-46(36-38-62(56)74-63)43-31-33-44(34-32-43)49-23-13-28-60-65(49)54-22-6-10-27-59(54)70(60)57-25-8-4-19-50(57)51-20-5-9-26-58(51)70/h1-41H. The number of nitrogens with zero attached hydrogens (tertiary/aromatic N) is 3. The van der Waals surface area contributed by atoms with Crippen molar-refractivity contribution in [3.8, 4) is 89.8 Å². The van der Waals surface area contributed by atoms with Gasteiger partial charge in [-0.05, 0) is 120 Å². The van der Waals surface area contributed by atoms with Crippen LogP contribution in [-0.4, -0.2) is 15.0 Å². The van der Waals surface area contributed by atoms with E-state index >= 15 is 0 Å². The fraction of sp³-hybridized carbons (Fsp3) is 0.0143. The lowest BCUT2D eigenvalue weighted by Gasteiger charge is -2.30. The van der Waals surface area contributed by atoms with Crippen LogP contribution in [0.25, 0.3) is 134 Å². The second kappa shape index (κ2) is 16.0. The molecule has 0 aliphatic heterocycles. The number of hydrogen-bond donors (Lipinski definition) is 0. The van der Waals surface area contributed by atoms with Crippen LogP contribution in [-0.2, 0) is 5.41 Å². The molecule has 2 aliphatic rings. The molecule has 0 bridgehead atoms. The Morgan fingerprint density at radius 1 is 0.253 bits per heavy atom. The summed E-state index contributed by atoms with van der Waals surface area (Å²) in [5.41, 5.74) is 22.7. The van der Waals surface area contributed by atoms with E-state index in [0.717, 1.165) is 82.8 Å². The molecule has 1 spiro atoms. The van der Waals surface area contributed by atoms with Crippen LogP contribution in [0.5, 0.6) is 0 Å². The van der Waals surface area contributed by atoms with Gasteiger partial charge < -0.3 is 8.83 Å². The van der Waals surface area contributed by atoms with Crippen molar-refractivity contribution < 1.29 is 8.83 Å². The van der Waals surface area contributed by atoms with Crippen molar-refractivity contribution in [3.63, 3.8) is 0 Å². The molecule has 11 aromatic carbocycles. The number of fused-ring (bicyclic) bond motifs is 16. The Kier molecular flexibility index (Phi) is 8.89. The molecule has 0 radical (unpaired) electrons. The number of aromatic nitrogens is 3. The predicted octanol–water partition coefficient (Wildman–Crippen LogP) is 18.0. The van der Waals surface area contributed by atoms with Crippen LogP contribution < -0.4 is 0 Å². The summed E-state index contributed by atoms with van der Waals surface area (Å²) in [7, 11) is 0. The molecule has 0 saturated carbocycles. The van der Waals surface area contributed by atoms with E-state index in [1.807, 2.05) is 42.5 Å². The van der Waals surface area contributed by atoms with Gasteiger partial charge in [0.2, 0.25) is 0 Å². The maximum Gasteiger partial charge on any atom is 0.164 e. The normalized spacial score (nSPS) is 12.9. The smallest absolute Gasteiger partial charge is 0.164 e. The molecule has 3 aromatic heterocycles. The maximum atomic E-state index is 6.63. The molecular formula is C70H41N3O2. The van der Waals surface area contributed by atoms with Gasteiger partial charge in [-0.2, -0.15) is 0 Å². The third kappa shape index (κ3) is 6.16. The largest absolute Gasteiger partial charge is 0.456 e. The Hall–Kier alpha value is -9.97. The summed E-state index contributed by atoms with van der Waals surface area (Å²) >= 11 is 0. The SMILES string of the molecule is c1ccc(-c2cccc(-c3nc(-c4ccc5c(c4)oc4ccccc45)nc(-c4cccc5oc6ccc(-c7ccc(-c8cccc9c8-c8ccccc8C98c9ccccc9-c9ccccc98)cc7)cc6c45)n3)c2)cc1. The van der Waals surface area contributed by atoms with Gasteiger partial charge in [0.15, 0.2) is 17.5 Å². The molecule has 3 heterocycles. The molecule has 0 amide bonds. The van der Waals surface area contributed by atoms with Crippen LogP contribution in [0.3, 0.4) is 0 Å². The van der Waals surface area contributed by atoms with Crippen LogP contribution >= 0.6 is 0 Å². The summed E-state index contributed by atoms with van der Waals surface area (Å²) in [6, 6.07) is 88.7. The Balaban J connectivity index is 0.817. The zero-order valence-corrected chi connectivity index (χ0v) is 40.3. The summed E-state index contributed by atoms with van der Waals surface area (Å²) in [6.07, 6.45) is 0. The molecule has 0 saturated heterocycles. The fourth-order valence-corrected chi connectivity index (χ4v) is 12.5. The Labute approximate surface area is 431 Å². The van der Waals surface area contributed by atoms with Crippen molar-refractivity contribution in [2.24, 2.45) is 0 Å². The monoisotopic (exact) mass is 955 g/mol. The van der Waals surface area contributed by atoms with Gasteiger partial charge in [-0.25, -0.2) is 15.0 Å². The lowest BCUT2D eigenvalue weighted by Crippen LogP contribution is -2.25. The molecule has 5 nitrogen and oxygen atoms in total. The maximum absolute atomic E-state index is 6.63. The first-order valence-corrected chi connectivity index (χ1v) is 25.5. The van der Waals surface area contributed by atoms with Crippen molar-refractivity contribution in [1.82, 2.24) is 15.0 Å². The van der Waals surface area contributed by atoms with E-state index in [-0.39, 0.29) is 0 Å². The van der Waals surface area contributed by atoms with Crippen LogP contribution in [0.4, 0.5) is 0 Å². The topological polar surface area (TPSA) is 65.0 Å². The highest BCUT2D eigenvalue weighted by atomic mass is 16.3. The molecule has 0 atom stereocenters. The molecule has 75 heavy (non-hydrogen) atoms. The van der Waals surface area contributed by atoms with Crippen molar-refractivity contribution in [2.45, 2.75) is 5.41 Å². The van der Waals surface area contributed by atoms with E-state index < -0.39 is 5.41 Å². The predicted molar refractivity (Wildman–Crippen MR) is 303 cm³/mol. The molecule has 2 aliphatic carbocycles. The van der Waals surface area contributed by atoms with Crippen molar-refractivity contribution >= 4 is 43.9 Å². The number of hydrogen-bond acceptors (Lipinski definition) is 5. The highest BCUT2D eigenvalue weighted by Gasteiger charge is 2.52. The van der Waals surface area contributed by atoms with Crippen LogP contribution in [0, 0.1) is 0 Å². The minimum atomic E-state index is -0.391.